The fourth-order valence-corrected chi connectivity index (χ4v) is 0.984. The minimum absolute atomic E-state index is 0.816. The fourth-order valence-electron chi connectivity index (χ4n) is 0.984. The average Bonchev–Trinajstić information content (AvgIpc) is 2.78. The van der Waals surface area contributed by atoms with Gasteiger partial charge in [-0.1, -0.05) is 19.1 Å². The Kier molecular flexibility index (Phi) is 9.35. The number of H-pyrrole nitrogens is 1. The van der Waals surface area contributed by atoms with Crippen LogP contribution in [0.5, 0.6) is 0 Å². The van der Waals surface area contributed by atoms with E-state index in [-0.39, 0.29) is 0 Å². The summed E-state index contributed by atoms with van der Waals surface area (Å²) in [6, 6.07) is 0. The van der Waals surface area contributed by atoms with Crippen LogP contribution in [0.4, 0.5) is 0 Å². The van der Waals surface area contributed by atoms with Gasteiger partial charge in [0.05, 0.1) is 0 Å². The lowest BCUT2D eigenvalue weighted by Gasteiger charge is -2.16. The van der Waals surface area contributed by atoms with Crippen LogP contribution in [0.1, 0.15) is 20.3 Å². The first kappa shape index (κ1) is 13.0. The molecule has 0 saturated heterocycles. The Morgan fingerprint density at radius 3 is 2.36 bits per heavy atom. The van der Waals surface area contributed by atoms with E-state index in [4.69, 9.17) is 5.73 Å². The molecule has 1 aromatic rings. The van der Waals surface area contributed by atoms with E-state index >= 15 is 0 Å². The van der Waals surface area contributed by atoms with Gasteiger partial charge in [-0.2, -0.15) is 5.21 Å². The van der Waals surface area contributed by atoms with Gasteiger partial charge in [0.2, 0.25) is 0 Å². The summed E-state index contributed by atoms with van der Waals surface area (Å²) in [6.45, 7) is 8.63. The summed E-state index contributed by atoms with van der Waals surface area (Å²) in [5, 5.41) is 12.2. The van der Waals surface area contributed by atoms with Crippen molar-refractivity contribution in [1.82, 2.24) is 25.5 Å². The molecule has 0 atom stereocenters. The zero-order valence-electron chi connectivity index (χ0n) is 8.98. The monoisotopic (exact) mass is 200 g/mol. The van der Waals surface area contributed by atoms with Crippen LogP contribution in [0.2, 0.25) is 0 Å². The van der Waals surface area contributed by atoms with Crippen molar-refractivity contribution < 1.29 is 0 Å². The summed E-state index contributed by atoms with van der Waals surface area (Å²) in [6.07, 6.45) is 2.46. The standard InChI is InChI=1S/C7H18N2.CH2N4/c1-3-9(4-2)7-5-6-8;1-2-4-5-3-1/h3-8H2,1-2H3;1H,(H,2,3,4,5). The highest BCUT2D eigenvalue weighted by Crippen LogP contribution is 1.87. The number of tetrazole rings is 1. The fraction of sp³-hybridized carbons (Fsp3) is 0.875. The molecule has 1 rings (SSSR count). The predicted molar refractivity (Wildman–Crippen MR) is 55.6 cm³/mol. The second-order valence-corrected chi connectivity index (χ2v) is 2.73. The third kappa shape index (κ3) is 7.63. The Balaban J connectivity index is 0.000000280. The van der Waals surface area contributed by atoms with Crippen LogP contribution in [-0.4, -0.2) is 51.7 Å². The lowest BCUT2D eigenvalue weighted by Crippen LogP contribution is -2.25. The van der Waals surface area contributed by atoms with Crippen LogP contribution < -0.4 is 5.73 Å². The molecule has 0 aliphatic heterocycles. The number of aromatic amines is 1. The van der Waals surface area contributed by atoms with Crippen LogP contribution in [0.25, 0.3) is 0 Å². The number of nitrogens with zero attached hydrogens (tertiary/aromatic N) is 4. The smallest absolute Gasteiger partial charge is 0.161 e. The molecule has 6 nitrogen and oxygen atoms in total. The molecule has 3 N–H and O–H groups in total. The van der Waals surface area contributed by atoms with Gasteiger partial charge in [0.15, 0.2) is 6.33 Å². The first-order valence-corrected chi connectivity index (χ1v) is 4.93. The Labute approximate surface area is 84.9 Å². The van der Waals surface area contributed by atoms with Crippen LogP contribution in [0.15, 0.2) is 6.33 Å². The zero-order valence-corrected chi connectivity index (χ0v) is 8.98. The van der Waals surface area contributed by atoms with E-state index in [1.165, 1.54) is 6.33 Å². The third-order valence-corrected chi connectivity index (χ3v) is 1.84. The highest BCUT2D eigenvalue weighted by Gasteiger charge is 1.94. The molecule has 0 fully saturated rings. The van der Waals surface area contributed by atoms with Gasteiger partial charge in [-0.3, -0.25) is 0 Å². The minimum atomic E-state index is 0.816. The molecule has 0 unspecified atom stereocenters. The van der Waals surface area contributed by atoms with E-state index in [2.05, 4.69) is 39.4 Å². The van der Waals surface area contributed by atoms with Crippen molar-refractivity contribution in [2.75, 3.05) is 26.2 Å². The molecule has 0 radical (unpaired) electrons. The van der Waals surface area contributed by atoms with Gasteiger partial charge in [-0.15, -0.1) is 10.2 Å². The maximum atomic E-state index is 5.36. The van der Waals surface area contributed by atoms with Crippen molar-refractivity contribution in [3.05, 3.63) is 6.33 Å². The Bertz CT molecular complexity index is 155. The number of nitrogens with two attached hydrogens (primary N) is 1. The predicted octanol–water partition coefficient (Wildman–Crippen LogP) is -0.123. The topological polar surface area (TPSA) is 83.7 Å². The van der Waals surface area contributed by atoms with Gasteiger partial charge in [0, 0.05) is 0 Å². The van der Waals surface area contributed by atoms with Gasteiger partial charge >= 0.3 is 0 Å². The van der Waals surface area contributed by atoms with E-state index < -0.39 is 0 Å². The zero-order chi connectivity index (χ0) is 10.6. The SMILES string of the molecule is CCN(CC)CCCN.c1nn[nH]n1. The molecular formula is C8H20N6. The van der Waals surface area contributed by atoms with Crippen LogP contribution in [0.3, 0.4) is 0 Å². The molecule has 1 aromatic heterocycles. The van der Waals surface area contributed by atoms with Crippen LogP contribution >= 0.6 is 0 Å². The van der Waals surface area contributed by atoms with E-state index in [1.54, 1.807) is 0 Å². The van der Waals surface area contributed by atoms with Crippen LogP contribution in [0, 0.1) is 0 Å². The Hall–Kier alpha value is -1.01. The lowest BCUT2D eigenvalue weighted by atomic mass is 10.4. The van der Waals surface area contributed by atoms with Crippen molar-refractivity contribution in [2.24, 2.45) is 5.73 Å². The maximum Gasteiger partial charge on any atom is 0.161 e. The summed E-state index contributed by atoms with van der Waals surface area (Å²) in [5.74, 6) is 0. The second-order valence-electron chi connectivity index (χ2n) is 2.73. The molecule has 0 amide bonds. The molecule has 1 heterocycles. The first-order chi connectivity index (χ1) is 6.85. The van der Waals surface area contributed by atoms with E-state index in [9.17, 15) is 0 Å². The van der Waals surface area contributed by atoms with E-state index in [1.807, 2.05) is 0 Å². The van der Waals surface area contributed by atoms with Crippen LogP contribution in [-0.2, 0) is 0 Å². The highest BCUT2D eigenvalue weighted by molar-refractivity contribution is 4.51. The quantitative estimate of drug-likeness (QED) is 0.692. The Morgan fingerprint density at radius 1 is 1.36 bits per heavy atom. The molecule has 0 spiro atoms. The summed E-state index contributed by atoms with van der Waals surface area (Å²) in [5.41, 5.74) is 5.36. The number of aromatic nitrogens is 4. The van der Waals surface area contributed by atoms with Gasteiger partial charge in [0.25, 0.3) is 0 Å². The molecule has 82 valence electrons. The average molecular weight is 200 g/mol. The number of nitrogens with one attached hydrogen (secondary N) is 1. The van der Waals surface area contributed by atoms with Gasteiger partial charge in [-0.25, -0.2) is 0 Å². The summed E-state index contributed by atoms with van der Waals surface area (Å²) in [4.78, 5) is 2.38. The summed E-state index contributed by atoms with van der Waals surface area (Å²) in [7, 11) is 0. The summed E-state index contributed by atoms with van der Waals surface area (Å²) < 4.78 is 0. The Morgan fingerprint density at radius 2 is 2.07 bits per heavy atom. The second kappa shape index (κ2) is 10.1. The van der Waals surface area contributed by atoms with Crippen molar-refractivity contribution >= 4 is 0 Å². The third-order valence-electron chi connectivity index (χ3n) is 1.84. The van der Waals surface area contributed by atoms with Gasteiger partial charge in [-0.05, 0) is 32.6 Å². The minimum Gasteiger partial charge on any atom is -0.330 e. The molecule has 0 aromatic carbocycles. The first-order valence-electron chi connectivity index (χ1n) is 4.93. The number of hydrogen-bond donors (Lipinski definition) is 2. The molecule has 0 bridgehead atoms. The van der Waals surface area contributed by atoms with Crippen molar-refractivity contribution in [2.45, 2.75) is 20.3 Å². The number of hydrogen-bond acceptors (Lipinski definition) is 5. The largest absolute Gasteiger partial charge is 0.330 e. The van der Waals surface area contributed by atoms with E-state index in [0.29, 0.717) is 0 Å². The van der Waals surface area contributed by atoms with Crippen molar-refractivity contribution in [3.8, 4) is 0 Å². The highest BCUT2D eigenvalue weighted by atomic mass is 15.5. The molecule has 0 saturated carbocycles. The van der Waals surface area contributed by atoms with E-state index in [0.717, 1.165) is 32.6 Å². The molecule has 0 aliphatic rings. The molecule has 14 heavy (non-hydrogen) atoms. The maximum absolute atomic E-state index is 5.36. The normalized spacial score (nSPS) is 9.71. The molecule has 0 aliphatic carbocycles. The lowest BCUT2D eigenvalue weighted by molar-refractivity contribution is 0.302. The number of rotatable bonds is 5. The van der Waals surface area contributed by atoms with Gasteiger partial charge in [0.1, 0.15) is 0 Å². The molecule has 6 heteroatoms. The van der Waals surface area contributed by atoms with Crippen molar-refractivity contribution in [3.63, 3.8) is 0 Å². The van der Waals surface area contributed by atoms with Gasteiger partial charge < -0.3 is 10.6 Å². The van der Waals surface area contributed by atoms with Crippen molar-refractivity contribution in [1.29, 1.82) is 0 Å². The summed E-state index contributed by atoms with van der Waals surface area (Å²) >= 11 is 0. The molecular weight excluding hydrogens is 180 g/mol.